The molecular formula is C34H45ClFN5O7. The fourth-order valence-corrected chi connectivity index (χ4v) is 6.73. The Balaban J connectivity index is 1.39. The van der Waals surface area contributed by atoms with Gasteiger partial charge >= 0.3 is 6.09 Å². The van der Waals surface area contributed by atoms with Gasteiger partial charge < -0.3 is 30.4 Å². The number of carbonyl (C=O) groups excluding carboxylic acids is 5. The second-order valence-corrected chi connectivity index (χ2v) is 14.9. The van der Waals surface area contributed by atoms with E-state index in [-0.39, 0.29) is 43.0 Å². The number of benzene rings is 1. The highest BCUT2D eigenvalue weighted by Crippen LogP contribution is 2.40. The van der Waals surface area contributed by atoms with Crippen molar-refractivity contribution in [3.05, 3.63) is 34.6 Å². The number of ketones is 1. The van der Waals surface area contributed by atoms with Gasteiger partial charge in [-0.15, -0.1) is 0 Å². The Morgan fingerprint density at radius 1 is 1.12 bits per heavy atom. The molecule has 48 heavy (non-hydrogen) atoms. The summed E-state index contributed by atoms with van der Waals surface area (Å²) in [6.45, 7) is 7.17. The molecule has 4 atom stereocenters. The molecule has 1 saturated heterocycles. The number of ether oxygens (including phenoxy) is 1. The lowest BCUT2D eigenvalue weighted by Gasteiger charge is -2.35. The van der Waals surface area contributed by atoms with Gasteiger partial charge in [0.05, 0.1) is 23.3 Å². The quantitative estimate of drug-likeness (QED) is 0.295. The van der Waals surface area contributed by atoms with E-state index in [0.717, 1.165) is 38.5 Å². The predicted molar refractivity (Wildman–Crippen MR) is 175 cm³/mol. The minimum atomic E-state index is -1.13. The maximum absolute atomic E-state index is 14.4. The van der Waals surface area contributed by atoms with Crippen molar-refractivity contribution in [1.82, 2.24) is 20.9 Å². The number of likely N-dealkylation sites (tertiary alicyclic amines) is 1. The van der Waals surface area contributed by atoms with Crippen LogP contribution in [-0.2, 0) is 28.8 Å². The molecule has 3 N–H and O–H groups in total. The molecule has 2 saturated carbocycles. The first kappa shape index (κ1) is 35.6. The van der Waals surface area contributed by atoms with Crippen LogP contribution >= 0.6 is 11.6 Å². The molecule has 4 aliphatic rings. The van der Waals surface area contributed by atoms with E-state index >= 15 is 0 Å². The Morgan fingerprint density at radius 2 is 1.83 bits per heavy atom. The highest BCUT2D eigenvalue weighted by atomic mass is 35.5. The van der Waals surface area contributed by atoms with Crippen molar-refractivity contribution in [2.75, 3.05) is 6.54 Å². The van der Waals surface area contributed by atoms with Gasteiger partial charge in [0.2, 0.25) is 17.6 Å². The molecule has 0 radical (unpaired) electrons. The molecular weight excluding hydrogens is 645 g/mol. The monoisotopic (exact) mass is 689 g/mol. The van der Waals surface area contributed by atoms with Crippen molar-refractivity contribution < 1.29 is 37.9 Å². The number of hydrogen-bond donors (Lipinski definition) is 3. The molecule has 262 valence electrons. The van der Waals surface area contributed by atoms with E-state index in [1.54, 1.807) is 20.8 Å². The fourth-order valence-electron chi connectivity index (χ4n) is 6.55. The molecule has 3 fully saturated rings. The van der Waals surface area contributed by atoms with Gasteiger partial charge in [0.1, 0.15) is 24.0 Å². The van der Waals surface area contributed by atoms with Crippen LogP contribution in [0.1, 0.15) is 97.5 Å². The number of hydrogen-bond acceptors (Lipinski definition) is 8. The standard InChI is InChI=1S/C34H45ClFN5O7/c1-5-8-24(27(42)30(44)37-20-12-13-20)38-29(43)26-17-34(16-25(40-48-34)19-11-14-23(36)22(35)15-19)18-41(26)31(45)28(33(2,3)4)39-32(46)47-21-9-6-7-10-21/h11,14-15,20-21,24,26,28H,5-10,12-13,16-18H2,1-4H3,(H,37,44)(H,38,43)(H,39,46)/t24-,26-,28+,34+/m0/s1. The first-order chi connectivity index (χ1) is 22.7. The van der Waals surface area contributed by atoms with Crippen molar-refractivity contribution in [2.45, 2.75) is 128 Å². The maximum atomic E-state index is 14.4. The van der Waals surface area contributed by atoms with Gasteiger partial charge in [0.25, 0.3) is 5.91 Å². The molecule has 2 heterocycles. The summed E-state index contributed by atoms with van der Waals surface area (Å²) in [7, 11) is 0. The van der Waals surface area contributed by atoms with Gasteiger partial charge in [0, 0.05) is 24.4 Å². The van der Waals surface area contributed by atoms with Gasteiger partial charge in [-0.05, 0) is 62.5 Å². The summed E-state index contributed by atoms with van der Waals surface area (Å²) in [5, 5.41) is 12.3. The molecule has 0 aromatic heterocycles. The third kappa shape index (κ3) is 8.27. The van der Waals surface area contributed by atoms with Crippen LogP contribution in [0.15, 0.2) is 23.4 Å². The SMILES string of the molecule is CCC[C@H](NC(=O)[C@@H]1C[C@]2(CC(c3ccc(F)c(Cl)c3)=NO2)CN1C(=O)[C@@H](NC(=O)OC1CCCC1)C(C)(C)C)C(=O)C(=O)NC1CC1. The summed E-state index contributed by atoms with van der Waals surface area (Å²) in [5.41, 5.74) is -0.920. The summed E-state index contributed by atoms with van der Waals surface area (Å²) in [6.07, 6.45) is 5.05. The van der Waals surface area contributed by atoms with Gasteiger partial charge in [-0.25, -0.2) is 9.18 Å². The molecule has 0 bridgehead atoms. The summed E-state index contributed by atoms with van der Waals surface area (Å²) in [4.78, 5) is 74.5. The zero-order valence-corrected chi connectivity index (χ0v) is 28.7. The maximum Gasteiger partial charge on any atom is 0.408 e. The van der Waals surface area contributed by atoms with E-state index < -0.39 is 64.6 Å². The lowest BCUT2D eigenvalue weighted by atomic mass is 9.85. The largest absolute Gasteiger partial charge is 0.446 e. The van der Waals surface area contributed by atoms with E-state index in [2.05, 4.69) is 21.1 Å². The van der Waals surface area contributed by atoms with E-state index in [1.165, 1.54) is 23.1 Å². The molecule has 1 aromatic rings. The third-order valence-electron chi connectivity index (χ3n) is 9.38. The lowest BCUT2D eigenvalue weighted by Crippen LogP contribution is -2.59. The van der Waals surface area contributed by atoms with Gasteiger partial charge in [0.15, 0.2) is 5.60 Å². The van der Waals surface area contributed by atoms with E-state index in [9.17, 15) is 28.4 Å². The number of rotatable bonds is 11. The van der Waals surface area contributed by atoms with Crippen LogP contribution in [0.4, 0.5) is 9.18 Å². The topological polar surface area (TPSA) is 156 Å². The summed E-state index contributed by atoms with van der Waals surface area (Å²) >= 11 is 6.02. The van der Waals surface area contributed by atoms with E-state index in [0.29, 0.717) is 17.7 Å². The third-order valence-corrected chi connectivity index (χ3v) is 9.67. The van der Waals surface area contributed by atoms with Gasteiger partial charge in [-0.2, -0.15) is 0 Å². The van der Waals surface area contributed by atoms with Crippen LogP contribution in [0.5, 0.6) is 0 Å². The van der Waals surface area contributed by atoms with Crippen molar-refractivity contribution in [1.29, 1.82) is 0 Å². The number of carbonyl (C=O) groups is 5. The highest BCUT2D eigenvalue weighted by molar-refractivity contribution is 6.38. The molecule has 5 rings (SSSR count). The molecule has 0 unspecified atom stereocenters. The lowest BCUT2D eigenvalue weighted by molar-refractivity contribution is -0.144. The smallest absolute Gasteiger partial charge is 0.408 e. The zero-order chi connectivity index (χ0) is 34.8. The second kappa shape index (κ2) is 14.4. The number of alkyl carbamates (subject to hydrolysis) is 1. The summed E-state index contributed by atoms with van der Waals surface area (Å²) < 4.78 is 19.5. The number of Topliss-reactive ketones (excluding diaryl/α,β-unsaturated/α-hetero) is 1. The van der Waals surface area contributed by atoms with Gasteiger partial charge in [-0.1, -0.05) is 56.9 Å². The first-order valence-corrected chi connectivity index (χ1v) is 17.2. The van der Waals surface area contributed by atoms with Crippen LogP contribution in [0, 0.1) is 11.2 Å². The normalized spacial score (nSPS) is 23.7. The Bertz CT molecular complexity index is 1470. The molecule has 1 aromatic carbocycles. The molecule has 1 spiro atoms. The number of amides is 4. The minimum Gasteiger partial charge on any atom is -0.446 e. The van der Waals surface area contributed by atoms with E-state index in [4.69, 9.17) is 21.2 Å². The van der Waals surface area contributed by atoms with Crippen molar-refractivity contribution in [2.24, 2.45) is 10.6 Å². The summed E-state index contributed by atoms with van der Waals surface area (Å²) in [6, 6.07) is 0.851. The number of oxime groups is 1. The summed E-state index contributed by atoms with van der Waals surface area (Å²) in [5.74, 6) is -3.25. The minimum absolute atomic E-state index is 0.0111. The Hall–Kier alpha value is -3.74. The van der Waals surface area contributed by atoms with Crippen molar-refractivity contribution >= 4 is 46.9 Å². The van der Waals surface area contributed by atoms with Crippen LogP contribution in [-0.4, -0.2) is 82.6 Å². The molecule has 12 nitrogen and oxygen atoms in total. The van der Waals surface area contributed by atoms with Crippen LogP contribution in [0.3, 0.4) is 0 Å². The Kier molecular flexibility index (Phi) is 10.7. The van der Waals surface area contributed by atoms with Crippen LogP contribution in [0.25, 0.3) is 0 Å². The van der Waals surface area contributed by atoms with Crippen LogP contribution in [0.2, 0.25) is 5.02 Å². The van der Waals surface area contributed by atoms with Crippen molar-refractivity contribution in [3.63, 3.8) is 0 Å². The second-order valence-electron chi connectivity index (χ2n) is 14.5. The Labute approximate surface area is 284 Å². The zero-order valence-electron chi connectivity index (χ0n) is 27.9. The van der Waals surface area contributed by atoms with Crippen molar-refractivity contribution in [3.8, 4) is 0 Å². The van der Waals surface area contributed by atoms with E-state index in [1.807, 2.05) is 6.92 Å². The fraction of sp³-hybridized carbons (Fsp3) is 0.647. The molecule has 2 aliphatic heterocycles. The average molecular weight is 690 g/mol. The highest BCUT2D eigenvalue weighted by Gasteiger charge is 2.56. The molecule has 4 amide bonds. The molecule has 2 aliphatic carbocycles. The average Bonchev–Trinajstić information content (AvgIpc) is 3.38. The predicted octanol–water partition coefficient (Wildman–Crippen LogP) is 4.16. The van der Waals surface area contributed by atoms with Crippen LogP contribution < -0.4 is 16.0 Å². The molecule has 14 heteroatoms. The first-order valence-electron chi connectivity index (χ1n) is 16.8. The number of halogens is 2. The van der Waals surface area contributed by atoms with Gasteiger partial charge in [-0.3, -0.25) is 19.2 Å². The Morgan fingerprint density at radius 3 is 2.46 bits per heavy atom. The number of nitrogens with one attached hydrogen (secondary N) is 3. The number of nitrogens with zero attached hydrogens (tertiary/aromatic N) is 2.